The van der Waals surface area contributed by atoms with Gasteiger partial charge in [0.1, 0.15) is 30.8 Å². The topological polar surface area (TPSA) is 296 Å². The quantitative estimate of drug-likeness (QED) is 0.0198. The van der Waals surface area contributed by atoms with Gasteiger partial charge in [0.05, 0.1) is 132 Å². The van der Waals surface area contributed by atoms with E-state index >= 15 is 0 Å². The lowest BCUT2D eigenvalue weighted by molar-refractivity contribution is -0.137. The number of nitrogens with one attached hydrogen (secondary N) is 4. The molecule has 0 fully saturated rings. The number of hydrogen-bond donors (Lipinski definition) is 6. The third kappa shape index (κ3) is 23.5. The van der Waals surface area contributed by atoms with Gasteiger partial charge in [0.2, 0.25) is 29.5 Å². The summed E-state index contributed by atoms with van der Waals surface area (Å²) < 4.78 is 66.3. The van der Waals surface area contributed by atoms with E-state index in [1.54, 1.807) is 13.8 Å². The fraction of sp³-hybridized carbons (Fsp3) is 0.486. The molecule has 514 valence electrons. The maximum absolute atomic E-state index is 14.8. The third-order valence-electron chi connectivity index (χ3n) is 15.8. The molecule has 8 N–H and O–H groups in total. The molecule has 0 aliphatic carbocycles. The summed E-state index contributed by atoms with van der Waals surface area (Å²) in [6.07, 6.45) is 1.53. The van der Waals surface area contributed by atoms with Crippen molar-refractivity contribution < 1.29 is 80.8 Å². The Hall–Kier alpha value is -7.33. The fourth-order valence-corrected chi connectivity index (χ4v) is 11.1. The SMILES string of the molecule is CC(C)(NC(=O)C(Cc1ccc2ccc3cccc4ccc1c2c34)NC(=O)COCCOCCOCCOCCOCCOCCCN)C(=O)NC(Cc1ccc2ccc3cccc4ccc1c2c34)C(=O)NCCCOCCOCCOCCOCCOCCOCC(N)=O. The Morgan fingerprint density at radius 3 is 1.13 bits per heavy atom. The minimum atomic E-state index is -1.59. The predicted molar refractivity (Wildman–Crippen MR) is 364 cm³/mol. The van der Waals surface area contributed by atoms with E-state index in [0.717, 1.165) is 82.2 Å². The Balaban J connectivity index is 0.837. The second kappa shape index (κ2) is 40.3. The molecular weight excluding hydrogens is 1220 g/mol. The van der Waals surface area contributed by atoms with Crippen LogP contribution in [0, 0.1) is 0 Å². The van der Waals surface area contributed by atoms with Crippen molar-refractivity contribution in [3.05, 3.63) is 120 Å². The maximum atomic E-state index is 14.8. The third-order valence-corrected chi connectivity index (χ3v) is 15.8. The first kappa shape index (κ1) is 73.5. The van der Waals surface area contributed by atoms with Crippen LogP contribution in [-0.2, 0) is 93.7 Å². The first-order chi connectivity index (χ1) is 46.4. The molecule has 8 aromatic carbocycles. The fourth-order valence-electron chi connectivity index (χ4n) is 11.1. The average Bonchev–Trinajstić information content (AvgIpc) is 0.752. The summed E-state index contributed by atoms with van der Waals surface area (Å²) in [5, 5.41) is 24.6. The summed E-state index contributed by atoms with van der Waals surface area (Å²) in [7, 11) is 0. The number of amides is 5. The molecule has 95 heavy (non-hydrogen) atoms. The van der Waals surface area contributed by atoms with Crippen molar-refractivity contribution in [2.45, 2.75) is 57.2 Å². The number of carbonyl (C=O) groups is 5. The molecule has 0 heterocycles. The van der Waals surface area contributed by atoms with Gasteiger partial charge in [-0.25, -0.2) is 0 Å². The van der Waals surface area contributed by atoms with Gasteiger partial charge < -0.3 is 89.6 Å². The average molecular weight is 1320 g/mol. The van der Waals surface area contributed by atoms with Crippen molar-refractivity contribution in [1.29, 1.82) is 0 Å². The number of benzene rings is 8. The van der Waals surface area contributed by atoms with Gasteiger partial charge in [0, 0.05) is 32.6 Å². The molecule has 23 nitrogen and oxygen atoms in total. The Kier molecular flexibility index (Phi) is 31.2. The molecule has 2 unspecified atom stereocenters. The van der Waals surface area contributed by atoms with Gasteiger partial charge in [-0.05, 0) is 109 Å². The van der Waals surface area contributed by atoms with Crippen LogP contribution in [0.1, 0.15) is 37.8 Å². The van der Waals surface area contributed by atoms with Crippen molar-refractivity contribution in [3.63, 3.8) is 0 Å². The highest BCUT2D eigenvalue weighted by molar-refractivity contribution is 6.24. The van der Waals surface area contributed by atoms with Gasteiger partial charge in [-0.15, -0.1) is 0 Å². The minimum absolute atomic E-state index is 0.0823. The van der Waals surface area contributed by atoms with Gasteiger partial charge in [0.25, 0.3) is 0 Å². The summed E-state index contributed by atoms with van der Waals surface area (Å²) in [6, 6.07) is 34.8. The van der Waals surface area contributed by atoms with Crippen LogP contribution in [0.3, 0.4) is 0 Å². The second-order valence-electron chi connectivity index (χ2n) is 23.3. The number of rotatable bonds is 51. The van der Waals surface area contributed by atoms with Gasteiger partial charge in [-0.3, -0.25) is 24.0 Å². The number of nitrogens with two attached hydrogens (primary N) is 2. The first-order valence-corrected chi connectivity index (χ1v) is 32.8. The van der Waals surface area contributed by atoms with Crippen molar-refractivity contribution in [2.75, 3.05) is 172 Å². The molecule has 0 radical (unpaired) electrons. The Morgan fingerprint density at radius 2 is 0.726 bits per heavy atom. The van der Waals surface area contributed by atoms with Gasteiger partial charge in [-0.2, -0.15) is 0 Å². The molecule has 0 aliphatic heterocycles. The van der Waals surface area contributed by atoms with E-state index in [0.29, 0.717) is 138 Å². The molecule has 5 amide bonds. The van der Waals surface area contributed by atoms with Gasteiger partial charge >= 0.3 is 0 Å². The van der Waals surface area contributed by atoms with Crippen molar-refractivity contribution in [3.8, 4) is 0 Å². The zero-order chi connectivity index (χ0) is 66.9. The molecule has 0 aliphatic rings. The lowest BCUT2D eigenvalue weighted by Gasteiger charge is -2.30. The molecule has 0 spiro atoms. The smallest absolute Gasteiger partial charge is 0.246 e. The molecule has 23 heteroatoms. The van der Waals surface area contributed by atoms with E-state index in [9.17, 15) is 24.0 Å². The van der Waals surface area contributed by atoms with Gasteiger partial charge in [-0.1, -0.05) is 109 Å². The van der Waals surface area contributed by atoms with Crippen LogP contribution < -0.4 is 32.7 Å². The van der Waals surface area contributed by atoms with E-state index in [1.807, 2.05) is 42.5 Å². The highest BCUT2D eigenvalue weighted by Gasteiger charge is 2.36. The van der Waals surface area contributed by atoms with Crippen LogP contribution in [0.15, 0.2) is 109 Å². The second-order valence-corrected chi connectivity index (χ2v) is 23.3. The molecule has 2 atom stereocenters. The Morgan fingerprint density at radius 1 is 0.389 bits per heavy atom. The summed E-state index contributed by atoms with van der Waals surface area (Å²) in [6.45, 7) is 11.8. The first-order valence-electron chi connectivity index (χ1n) is 32.8. The van der Waals surface area contributed by atoms with Crippen LogP contribution in [0.2, 0.25) is 0 Å². The van der Waals surface area contributed by atoms with Gasteiger partial charge in [0.15, 0.2) is 0 Å². The largest absolute Gasteiger partial charge is 0.379 e. The van der Waals surface area contributed by atoms with Crippen LogP contribution in [0.4, 0.5) is 0 Å². The summed E-state index contributed by atoms with van der Waals surface area (Å²) in [5.74, 6) is -2.69. The zero-order valence-electron chi connectivity index (χ0n) is 54.9. The summed E-state index contributed by atoms with van der Waals surface area (Å²) >= 11 is 0. The van der Waals surface area contributed by atoms with E-state index in [-0.39, 0.29) is 52.4 Å². The molecule has 0 saturated carbocycles. The number of ether oxygens (including phenoxy) is 12. The molecular formula is C72H94N6O17. The normalized spacial score (nSPS) is 12.6. The van der Waals surface area contributed by atoms with E-state index in [2.05, 4.69) is 88.0 Å². The Labute approximate surface area is 554 Å². The van der Waals surface area contributed by atoms with E-state index in [1.165, 1.54) is 0 Å². The predicted octanol–water partition coefficient (Wildman–Crippen LogP) is 5.67. The lowest BCUT2D eigenvalue weighted by Crippen LogP contribution is -2.62. The zero-order valence-corrected chi connectivity index (χ0v) is 54.9. The highest BCUT2D eigenvalue weighted by Crippen LogP contribution is 2.38. The van der Waals surface area contributed by atoms with Crippen molar-refractivity contribution in [1.82, 2.24) is 21.3 Å². The molecule has 0 bridgehead atoms. The highest BCUT2D eigenvalue weighted by atomic mass is 16.6. The Bertz CT molecular complexity index is 3600. The molecule has 8 aromatic rings. The van der Waals surface area contributed by atoms with E-state index < -0.39 is 47.2 Å². The lowest BCUT2D eigenvalue weighted by atomic mass is 9.89. The van der Waals surface area contributed by atoms with Crippen molar-refractivity contribution in [2.24, 2.45) is 11.5 Å². The molecule has 0 saturated heterocycles. The van der Waals surface area contributed by atoms with Crippen LogP contribution in [0.25, 0.3) is 64.6 Å². The molecule has 8 rings (SSSR count). The van der Waals surface area contributed by atoms with Crippen LogP contribution in [-0.4, -0.2) is 219 Å². The monoisotopic (exact) mass is 1310 g/mol. The number of hydrogen-bond acceptors (Lipinski definition) is 18. The maximum Gasteiger partial charge on any atom is 0.246 e. The number of primary amides is 1. The number of carbonyl (C=O) groups excluding carboxylic acids is 5. The summed E-state index contributed by atoms with van der Waals surface area (Å²) in [4.78, 5) is 68.6. The van der Waals surface area contributed by atoms with Crippen LogP contribution in [0.5, 0.6) is 0 Å². The van der Waals surface area contributed by atoms with Crippen molar-refractivity contribution >= 4 is 94.2 Å². The standard InChI is InChI=1S/C72H94N6O17/c1-72(2,78-70(82)62(48-58-18-16-56-14-12-52-8-4-10-54-20-22-60(58)68(56)66(52)54)76-64(80)50-95-46-44-93-42-40-91-38-36-88-33-31-86-29-27-84-25-5-23-73)71(83)77-61(47-57-17-15-55-13-11-51-7-3-9-53-19-21-59(57)67(55)65(51)53)69(81)75-24-6-26-85-28-30-87-32-34-89-35-37-90-39-41-92-43-45-94-49-63(74)79/h3-4,7-22,61-62H,5-6,23-50,73H2,1-2H3,(H2,74,79)(H,75,81)(H,76,80)(H,77,83)(H,78,82). The summed E-state index contributed by atoms with van der Waals surface area (Å²) in [5.41, 5.74) is 10.6. The van der Waals surface area contributed by atoms with E-state index in [4.69, 9.17) is 68.3 Å². The van der Waals surface area contributed by atoms with Crippen LogP contribution >= 0.6 is 0 Å². The molecule has 0 aromatic heterocycles. The minimum Gasteiger partial charge on any atom is -0.379 e.